The Bertz CT molecular complexity index is 346. The molecule has 1 saturated heterocycles. The summed E-state index contributed by atoms with van der Waals surface area (Å²) in [5.74, 6) is 1.05. The van der Waals surface area contributed by atoms with Crippen LogP contribution in [0.5, 0.6) is 0 Å². The number of sulfonamides is 1. The Hall–Kier alpha value is -0.130. The predicted octanol–water partition coefficient (Wildman–Crippen LogP) is 1.28. The molecule has 2 unspecified atom stereocenters. The number of piperidine rings is 1. The van der Waals surface area contributed by atoms with E-state index < -0.39 is 10.0 Å². The Morgan fingerprint density at radius 2 is 1.94 bits per heavy atom. The minimum absolute atomic E-state index is 0.194. The maximum absolute atomic E-state index is 12.3. The van der Waals surface area contributed by atoms with Gasteiger partial charge in [0.05, 0.1) is 5.75 Å². The van der Waals surface area contributed by atoms with Crippen LogP contribution in [0.3, 0.4) is 0 Å². The molecule has 1 fully saturated rings. The van der Waals surface area contributed by atoms with Crippen LogP contribution in [0.15, 0.2) is 0 Å². The molecule has 1 rings (SSSR count). The van der Waals surface area contributed by atoms with E-state index in [4.69, 9.17) is 5.73 Å². The van der Waals surface area contributed by atoms with Gasteiger partial charge in [-0.25, -0.2) is 12.7 Å². The largest absolute Gasteiger partial charge is 0.330 e. The van der Waals surface area contributed by atoms with Gasteiger partial charge in [0.15, 0.2) is 0 Å². The molecule has 0 aromatic rings. The number of rotatable bonds is 3. The van der Waals surface area contributed by atoms with Crippen molar-refractivity contribution in [2.24, 2.45) is 23.0 Å². The highest BCUT2D eigenvalue weighted by Crippen LogP contribution is 2.26. The molecule has 0 radical (unpaired) electrons. The summed E-state index contributed by atoms with van der Waals surface area (Å²) in [7, 11) is -3.13. The van der Waals surface area contributed by atoms with Gasteiger partial charge < -0.3 is 5.73 Å². The number of nitrogens with two attached hydrogens (primary N) is 1. The van der Waals surface area contributed by atoms with Crippen LogP contribution in [0.4, 0.5) is 0 Å². The maximum atomic E-state index is 12.3. The molecule has 4 nitrogen and oxygen atoms in total. The van der Waals surface area contributed by atoms with Gasteiger partial charge in [-0.15, -0.1) is 0 Å². The lowest BCUT2D eigenvalue weighted by Crippen LogP contribution is -2.47. The van der Waals surface area contributed by atoms with Gasteiger partial charge in [-0.1, -0.05) is 27.7 Å². The van der Waals surface area contributed by atoms with Gasteiger partial charge in [-0.3, -0.25) is 0 Å². The van der Waals surface area contributed by atoms with Gasteiger partial charge in [0.2, 0.25) is 10.0 Å². The highest BCUT2D eigenvalue weighted by atomic mass is 32.2. The van der Waals surface area contributed by atoms with Gasteiger partial charge >= 0.3 is 0 Å². The molecule has 0 amide bonds. The van der Waals surface area contributed by atoms with Crippen LogP contribution in [0, 0.1) is 17.3 Å². The molecule has 0 saturated carbocycles. The molecule has 0 aliphatic carbocycles. The van der Waals surface area contributed by atoms with Crippen LogP contribution in [-0.2, 0) is 10.0 Å². The normalized spacial score (nSPS) is 28.3. The third-order valence-electron chi connectivity index (χ3n) is 3.39. The summed E-state index contributed by atoms with van der Waals surface area (Å²) in [5.41, 5.74) is 5.51. The molecule has 102 valence electrons. The second-order valence-electron chi connectivity index (χ2n) is 6.44. The van der Waals surface area contributed by atoms with E-state index in [-0.39, 0.29) is 11.2 Å². The molecule has 0 bridgehead atoms. The van der Waals surface area contributed by atoms with Crippen molar-refractivity contribution in [1.82, 2.24) is 4.31 Å². The van der Waals surface area contributed by atoms with Crippen LogP contribution in [0.2, 0.25) is 0 Å². The topological polar surface area (TPSA) is 63.4 Å². The Morgan fingerprint density at radius 3 is 2.41 bits per heavy atom. The summed E-state index contributed by atoms with van der Waals surface area (Å²) in [5, 5.41) is 0. The lowest BCUT2D eigenvalue weighted by atomic mass is 9.88. The highest BCUT2D eigenvalue weighted by Gasteiger charge is 2.34. The lowest BCUT2D eigenvalue weighted by Gasteiger charge is -2.36. The van der Waals surface area contributed by atoms with E-state index in [1.54, 1.807) is 4.31 Å². The fourth-order valence-electron chi connectivity index (χ4n) is 2.31. The van der Waals surface area contributed by atoms with E-state index >= 15 is 0 Å². The molecule has 0 aromatic heterocycles. The summed E-state index contributed by atoms with van der Waals surface area (Å²) >= 11 is 0. The first-order valence-corrected chi connectivity index (χ1v) is 7.94. The molecule has 2 atom stereocenters. The van der Waals surface area contributed by atoms with Crippen LogP contribution in [-0.4, -0.2) is 38.1 Å². The van der Waals surface area contributed by atoms with Crippen molar-refractivity contribution in [1.29, 1.82) is 0 Å². The summed E-state index contributed by atoms with van der Waals surface area (Å²) < 4.78 is 26.1. The predicted molar refractivity (Wildman–Crippen MR) is 71.1 cm³/mol. The van der Waals surface area contributed by atoms with E-state index in [0.29, 0.717) is 31.5 Å². The summed E-state index contributed by atoms with van der Waals surface area (Å²) in [6.07, 6.45) is 0.922. The quantitative estimate of drug-likeness (QED) is 0.833. The summed E-state index contributed by atoms with van der Waals surface area (Å²) in [4.78, 5) is 0. The Morgan fingerprint density at radius 1 is 1.35 bits per heavy atom. The van der Waals surface area contributed by atoms with Gasteiger partial charge in [-0.05, 0) is 30.2 Å². The number of hydrogen-bond donors (Lipinski definition) is 1. The van der Waals surface area contributed by atoms with Crippen LogP contribution in [0.1, 0.15) is 34.1 Å². The van der Waals surface area contributed by atoms with Gasteiger partial charge in [0, 0.05) is 13.1 Å². The summed E-state index contributed by atoms with van der Waals surface area (Å²) in [6, 6.07) is 0. The third kappa shape index (κ3) is 4.23. The highest BCUT2D eigenvalue weighted by molar-refractivity contribution is 7.89. The zero-order valence-corrected chi connectivity index (χ0v) is 12.3. The van der Waals surface area contributed by atoms with E-state index in [9.17, 15) is 8.42 Å². The lowest BCUT2D eigenvalue weighted by molar-refractivity contribution is 0.201. The molecule has 0 spiro atoms. The molecule has 0 aromatic carbocycles. The fourth-order valence-corrected chi connectivity index (χ4v) is 4.39. The molecule has 1 aliphatic heterocycles. The molecule has 5 heteroatoms. The van der Waals surface area contributed by atoms with Gasteiger partial charge in [0.25, 0.3) is 0 Å². The molecule has 1 aliphatic rings. The van der Waals surface area contributed by atoms with E-state index in [2.05, 4.69) is 6.92 Å². The third-order valence-corrected chi connectivity index (χ3v) is 5.74. The van der Waals surface area contributed by atoms with Crippen molar-refractivity contribution in [3.8, 4) is 0 Å². The van der Waals surface area contributed by atoms with Gasteiger partial charge in [-0.2, -0.15) is 0 Å². The first-order valence-electron chi connectivity index (χ1n) is 6.33. The molecule has 17 heavy (non-hydrogen) atoms. The van der Waals surface area contributed by atoms with Crippen molar-refractivity contribution in [2.75, 3.05) is 25.4 Å². The van der Waals surface area contributed by atoms with Crippen LogP contribution < -0.4 is 5.73 Å². The van der Waals surface area contributed by atoms with E-state index in [0.717, 1.165) is 6.42 Å². The van der Waals surface area contributed by atoms with Crippen molar-refractivity contribution >= 4 is 10.0 Å². The molecular weight excluding hydrogens is 236 g/mol. The molecule has 1 heterocycles. The number of hydrogen-bond acceptors (Lipinski definition) is 3. The van der Waals surface area contributed by atoms with Crippen LogP contribution in [0.25, 0.3) is 0 Å². The van der Waals surface area contributed by atoms with E-state index in [1.807, 2.05) is 20.8 Å². The number of nitrogens with zero attached hydrogens (tertiary/aromatic N) is 1. The van der Waals surface area contributed by atoms with E-state index in [1.165, 1.54) is 0 Å². The zero-order chi connectivity index (χ0) is 13.3. The summed E-state index contributed by atoms with van der Waals surface area (Å²) in [6.45, 7) is 9.84. The van der Waals surface area contributed by atoms with Gasteiger partial charge in [0.1, 0.15) is 0 Å². The second kappa shape index (κ2) is 5.24. The Kier molecular flexibility index (Phi) is 4.60. The first-order chi connectivity index (χ1) is 7.65. The average Bonchev–Trinajstić information content (AvgIpc) is 2.14. The standard InChI is InChI=1S/C12H26N2O2S/c1-10-5-6-14(8-11(10)7-13)17(15,16)9-12(2,3)4/h10-11H,5-9,13H2,1-4H3. The SMILES string of the molecule is CC1CCN(S(=O)(=O)CC(C)(C)C)CC1CN. The Labute approximate surface area is 106 Å². The van der Waals surface area contributed by atoms with Crippen molar-refractivity contribution in [3.63, 3.8) is 0 Å². The van der Waals surface area contributed by atoms with Crippen LogP contribution >= 0.6 is 0 Å². The smallest absolute Gasteiger partial charge is 0.214 e. The Balaban J connectivity index is 2.73. The second-order valence-corrected chi connectivity index (χ2v) is 8.41. The van der Waals surface area contributed by atoms with Crippen molar-refractivity contribution < 1.29 is 8.42 Å². The zero-order valence-electron chi connectivity index (χ0n) is 11.4. The average molecular weight is 262 g/mol. The minimum atomic E-state index is -3.13. The molecule has 2 N–H and O–H groups in total. The first kappa shape index (κ1) is 14.9. The van der Waals surface area contributed by atoms with Crippen molar-refractivity contribution in [3.05, 3.63) is 0 Å². The maximum Gasteiger partial charge on any atom is 0.214 e. The monoisotopic (exact) mass is 262 g/mol. The fraction of sp³-hybridized carbons (Fsp3) is 1.00. The molecular formula is C12H26N2O2S. The minimum Gasteiger partial charge on any atom is -0.330 e. The van der Waals surface area contributed by atoms with Crippen molar-refractivity contribution in [2.45, 2.75) is 34.1 Å².